The van der Waals surface area contributed by atoms with Crippen LogP contribution < -0.4 is 5.32 Å². The van der Waals surface area contributed by atoms with Gasteiger partial charge in [-0.3, -0.25) is 0 Å². The lowest BCUT2D eigenvalue weighted by molar-refractivity contribution is -0.138. The van der Waals surface area contributed by atoms with Crippen LogP contribution in [0, 0.1) is 11.3 Å². The van der Waals surface area contributed by atoms with Crippen LogP contribution >= 0.6 is 0 Å². The molecule has 0 bridgehead atoms. The van der Waals surface area contributed by atoms with Crippen molar-refractivity contribution in [2.24, 2.45) is 0 Å². The van der Waals surface area contributed by atoms with E-state index in [1.54, 1.807) is 0 Å². The van der Waals surface area contributed by atoms with Crippen LogP contribution in [0.2, 0.25) is 0 Å². The van der Waals surface area contributed by atoms with Gasteiger partial charge in [-0.05, 0) is 43.6 Å². The minimum absolute atomic E-state index is 0.223. The van der Waals surface area contributed by atoms with Crippen molar-refractivity contribution in [1.82, 2.24) is 5.32 Å². The Hall–Kier alpha value is -1.58. The Morgan fingerprint density at radius 3 is 2.42 bits per heavy atom. The van der Waals surface area contributed by atoms with Gasteiger partial charge in [-0.1, -0.05) is 6.07 Å². The second kappa shape index (κ2) is 4.83. The lowest BCUT2D eigenvalue weighted by Gasteiger charge is -2.33. The number of piperidine rings is 1. The summed E-state index contributed by atoms with van der Waals surface area (Å²) in [6, 6.07) is 4.95. The highest BCUT2D eigenvalue weighted by molar-refractivity contribution is 5.43. The number of nitriles is 1. The number of alkyl halides is 3. The number of aliphatic hydroxyl groups is 1. The third-order valence-electron chi connectivity index (χ3n) is 3.41. The second-order valence-electron chi connectivity index (χ2n) is 4.65. The summed E-state index contributed by atoms with van der Waals surface area (Å²) in [6.07, 6.45) is -3.88. The van der Waals surface area contributed by atoms with E-state index in [2.05, 4.69) is 5.32 Å². The average Bonchev–Trinajstić information content (AvgIpc) is 2.38. The van der Waals surface area contributed by atoms with Crippen LogP contribution in [0.15, 0.2) is 18.2 Å². The molecule has 1 saturated heterocycles. The monoisotopic (exact) mass is 270 g/mol. The molecule has 102 valence electrons. The molecule has 1 aliphatic heterocycles. The summed E-state index contributed by atoms with van der Waals surface area (Å²) in [7, 11) is 0. The maximum atomic E-state index is 12.9. The minimum atomic E-state index is -4.59. The largest absolute Gasteiger partial charge is 0.417 e. The quantitative estimate of drug-likeness (QED) is 0.822. The fourth-order valence-corrected chi connectivity index (χ4v) is 2.29. The van der Waals surface area contributed by atoms with E-state index in [0.717, 1.165) is 12.1 Å². The molecule has 1 heterocycles. The maximum absolute atomic E-state index is 12.9. The smallest absolute Gasteiger partial charge is 0.385 e. The predicted molar refractivity (Wildman–Crippen MR) is 62.2 cm³/mol. The van der Waals surface area contributed by atoms with E-state index < -0.39 is 22.9 Å². The Bertz CT molecular complexity index is 514. The molecule has 0 saturated carbocycles. The van der Waals surface area contributed by atoms with Gasteiger partial charge in [0.25, 0.3) is 0 Å². The summed E-state index contributed by atoms with van der Waals surface area (Å²) in [6.45, 7) is 1.11. The van der Waals surface area contributed by atoms with Gasteiger partial charge in [-0.25, -0.2) is 0 Å². The van der Waals surface area contributed by atoms with Crippen molar-refractivity contribution in [2.75, 3.05) is 13.1 Å². The van der Waals surface area contributed by atoms with Crippen molar-refractivity contribution in [3.8, 4) is 6.07 Å². The lowest BCUT2D eigenvalue weighted by Crippen LogP contribution is -2.39. The summed E-state index contributed by atoms with van der Waals surface area (Å²) in [4.78, 5) is 0. The van der Waals surface area contributed by atoms with Crippen LogP contribution in [0.4, 0.5) is 13.2 Å². The van der Waals surface area contributed by atoms with Gasteiger partial charge in [0.05, 0.1) is 22.8 Å². The zero-order chi connectivity index (χ0) is 14.1. The summed E-state index contributed by atoms with van der Waals surface area (Å²) in [5.74, 6) is 0. The zero-order valence-electron chi connectivity index (χ0n) is 10.1. The van der Waals surface area contributed by atoms with Crippen molar-refractivity contribution < 1.29 is 18.3 Å². The normalized spacial score (nSPS) is 18.9. The topological polar surface area (TPSA) is 56.0 Å². The van der Waals surface area contributed by atoms with E-state index in [4.69, 9.17) is 5.26 Å². The first-order valence-corrected chi connectivity index (χ1v) is 5.92. The number of hydrogen-bond acceptors (Lipinski definition) is 3. The minimum Gasteiger partial charge on any atom is -0.385 e. The molecule has 2 N–H and O–H groups in total. The molecule has 2 rings (SSSR count). The van der Waals surface area contributed by atoms with E-state index in [0.29, 0.717) is 25.9 Å². The third kappa shape index (κ3) is 2.72. The Morgan fingerprint density at radius 2 is 1.89 bits per heavy atom. The summed E-state index contributed by atoms with van der Waals surface area (Å²) < 4.78 is 38.6. The standard InChI is InChI=1S/C13H13F3N2O/c14-13(15,16)11-7-10(2-1-9(11)8-17)12(19)3-5-18-6-4-12/h1-2,7,18-19H,3-6H2. The van der Waals surface area contributed by atoms with Gasteiger partial charge in [-0.15, -0.1) is 0 Å². The molecule has 19 heavy (non-hydrogen) atoms. The first-order chi connectivity index (χ1) is 8.87. The Kier molecular flexibility index (Phi) is 3.52. The fraction of sp³-hybridized carbons (Fsp3) is 0.462. The fourth-order valence-electron chi connectivity index (χ4n) is 2.29. The van der Waals surface area contributed by atoms with Gasteiger partial charge >= 0.3 is 6.18 Å². The van der Waals surface area contributed by atoms with E-state index >= 15 is 0 Å². The summed E-state index contributed by atoms with van der Waals surface area (Å²) >= 11 is 0. The van der Waals surface area contributed by atoms with Gasteiger partial charge in [0.2, 0.25) is 0 Å². The number of benzene rings is 1. The molecule has 1 fully saturated rings. The molecule has 0 radical (unpaired) electrons. The molecule has 3 nitrogen and oxygen atoms in total. The Labute approximate surface area is 108 Å². The SMILES string of the molecule is N#Cc1ccc(C2(O)CCNCC2)cc1C(F)(F)F. The van der Waals surface area contributed by atoms with Crippen LogP contribution in [-0.2, 0) is 11.8 Å². The number of hydrogen-bond donors (Lipinski definition) is 2. The van der Waals surface area contributed by atoms with Crippen molar-refractivity contribution >= 4 is 0 Å². The van der Waals surface area contributed by atoms with E-state index in [-0.39, 0.29) is 5.56 Å². The summed E-state index contributed by atoms with van der Waals surface area (Å²) in [5.41, 5.74) is -2.44. The van der Waals surface area contributed by atoms with E-state index in [1.165, 1.54) is 12.1 Å². The lowest BCUT2D eigenvalue weighted by atomic mass is 9.83. The van der Waals surface area contributed by atoms with Crippen LogP contribution in [0.1, 0.15) is 29.5 Å². The van der Waals surface area contributed by atoms with Crippen molar-refractivity contribution in [3.63, 3.8) is 0 Å². The second-order valence-corrected chi connectivity index (χ2v) is 4.65. The molecule has 6 heteroatoms. The number of nitrogens with one attached hydrogen (secondary N) is 1. The molecular formula is C13H13F3N2O. The van der Waals surface area contributed by atoms with Crippen LogP contribution in [0.5, 0.6) is 0 Å². The number of rotatable bonds is 1. The molecule has 0 aliphatic carbocycles. The zero-order valence-corrected chi connectivity index (χ0v) is 10.1. The average molecular weight is 270 g/mol. The van der Waals surface area contributed by atoms with Crippen LogP contribution in [-0.4, -0.2) is 18.2 Å². The van der Waals surface area contributed by atoms with Crippen molar-refractivity contribution in [1.29, 1.82) is 5.26 Å². The molecule has 0 aromatic heterocycles. The van der Waals surface area contributed by atoms with E-state index in [1.807, 2.05) is 0 Å². The maximum Gasteiger partial charge on any atom is 0.417 e. The molecule has 0 spiro atoms. The number of halogens is 3. The highest BCUT2D eigenvalue weighted by atomic mass is 19.4. The number of nitrogens with zero attached hydrogens (tertiary/aromatic N) is 1. The van der Waals surface area contributed by atoms with Gasteiger partial charge in [0.1, 0.15) is 0 Å². The Morgan fingerprint density at radius 1 is 1.26 bits per heavy atom. The van der Waals surface area contributed by atoms with Crippen molar-refractivity contribution in [2.45, 2.75) is 24.6 Å². The van der Waals surface area contributed by atoms with Gasteiger partial charge < -0.3 is 10.4 Å². The molecule has 1 aliphatic rings. The molecular weight excluding hydrogens is 257 g/mol. The van der Waals surface area contributed by atoms with Gasteiger partial charge in [0.15, 0.2) is 0 Å². The molecule has 0 atom stereocenters. The highest BCUT2D eigenvalue weighted by Crippen LogP contribution is 2.37. The van der Waals surface area contributed by atoms with Crippen molar-refractivity contribution in [3.05, 3.63) is 34.9 Å². The van der Waals surface area contributed by atoms with Crippen LogP contribution in [0.3, 0.4) is 0 Å². The molecule has 1 aromatic carbocycles. The highest BCUT2D eigenvalue weighted by Gasteiger charge is 2.37. The summed E-state index contributed by atoms with van der Waals surface area (Å²) in [5, 5.41) is 22.2. The van der Waals surface area contributed by atoms with E-state index in [9.17, 15) is 18.3 Å². The molecule has 0 amide bonds. The van der Waals surface area contributed by atoms with Gasteiger partial charge in [0, 0.05) is 0 Å². The Balaban J connectivity index is 2.46. The predicted octanol–water partition coefficient (Wildman–Crippen LogP) is 2.15. The van der Waals surface area contributed by atoms with Crippen LogP contribution in [0.25, 0.3) is 0 Å². The third-order valence-corrected chi connectivity index (χ3v) is 3.41. The van der Waals surface area contributed by atoms with Gasteiger partial charge in [-0.2, -0.15) is 18.4 Å². The first kappa shape index (κ1) is 13.8. The molecule has 0 unspecified atom stereocenters. The first-order valence-electron chi connectivity index (χ1n) is 5.92. The molecule has 1 aromatic rings.